The van der Waals surface area contributed by atoms with E-state index in [0.29, 0.717) is 24.0 Å². The highest BCUT2D eigenvalue weighted by molar-refractivity contribution is 5.74. The van der Waals surface area contributed by atoms with Gasteiger partial charge in [0.05, 0.1) is 6.61 Å². The third-order valence-electron chi connectivity index (χ3n) is 3.59. The van der Waals surface area contributed by atoms with Gasteiger partial charge in [0.25, 0.3) is 0 Å². The molecule has 0 bridgehead atoms. The van der Waals surface area contributed by atoms with E-state index in [-0.39, 0.29) is 6.61 Å². The van der Waals surface area contributed by atoms with Gasteiger partial charge >= 0.3 is 0 Å². The number of hydrogen-bond donors (Lipinski definition) is 2. The summed E-state index contributed by atoms with van der Waals surface area (Å²) < 4.78 is 5.13. The van der Waals surface area contributed by atoms with Gasteiger partial charge in [0.1, 0.15) is 6.61 Å². The highest BCUT2D eigenvalue weighted by Crippen LogP contribution is 2.38. The molecule has 3 N–H and O–H groups in total. The van der Waals surface area contributed by atoms with Crippen LogP contribution in [0.2, 0.25) is 0 Å². The monoisotopic (exact) mass is 242 g/mol. The number of primary amides is 1. The molecule has 1 aliphatic carbocycles. The lowest BCUT2D eigenvalue weighted by Crippen LogP contribution is -2.43. The summed E-state index contributed by atoms with van der Waals surface area (Å²) in [6.45, 7) is 8.36. The van der Waals surface area contributed by atoms with Crippen molar-refractivity contribution in [3.05, 3.63) is 0 Å². The predicted molar refractivity (Wildman–Crippen MR) is 68.6 cm³/mol. The standard InChI is InChI=1S/C13H26N2O2/c1-10-8-13(2,3)5-4-11(10)15-6-7-17-9-12(14)16/h10-11,15H,4-9H2,1-3H3,(H2,14,16). The van der Waals surface area contributed by atoms with Gasteiger partial charge in [-0.3, -0.25) is 4.79 Å². The zero-order valence-corrected chi connectivity index (χ0v) is 11.3. The first-order chi connectivity index (χ1) is 7.91. The highest BCUT2D eigenvalue weighted by Gasteiger charge is 2.31. The second-order valence-electron chi connectivity index (χ2n) is 5.96. The summed E-state index contributed by atoms with van der Waals surface area (Å²) in [7, 11) is 0. The summed E-state index contributed by atoms with van der Waals surface area (Å²) in [5, 5.41) is 3.51. The van der Waals surface area contributed by atoms with Crippen molar-refractivity contribution in [3.8, 4) is 0 Å². The average Bonchev–Trinajstić information content (AvgIpc) is 2.19. The first-order valence-corrected chi connectivity index (χ1v) is 6.50. The maximum atomic E-state index is 10.5. The van der Waals surface area contributed by atoms with Crippen molar-refractivity contribution < 1.29 is 9.53 Å². The van der Waals surface area contributed by atoms with Crippen LogP contribution < -0.4 is 11.1 Å². The van der Waals surface area contributed by atoms with Gasteiger partial charge in [0, 0.05) is 12.6 Å². The Labute approximate surface area is 104 Å². The van der Waals surface area contributed by atoms with Gasteiger partial charge in [-0.15, -0.1) is 0 Å². The van der Waals surface area contributed by atoms with Crippen LogP contribution in [-0.2, 0) is 9.53 Å². The minimum absolute atomic E-state index is 0.0227. The minimum atomic E-state index is -0.405. The molecule has 1 fully saturated rings. The van der Waals surface area contributed by atoms with Crippen LogP contribution in [0.15, 0.2) is 0 Å². The molecule has 0 aromatic carbocycles. The number of nitrogens with one attached hydrogen (secondary N) is 1. The number of ether oxygens (including phenoxy) is 1. The van der Waals surface area contributed by atoms with Crippen molar-refractivity contribution in [2.24, 2.45) is 17.1 Å². The minimum Gasteiger partial charge on any atom is -0.370 e. The molecule has 1 rings (SSSR count). The molecular formula is C13H26N2O2. The SMILES string of the molecule is CC1CC(C)(C)CCC1NCCOCC(N)=O. The quantitative estimate of drug-likeness (QED) is 0.690. The molecule has 1 saturated carbocycles. The maximum absolute atomic E-state index is 10.5. The van der Waals surface area contributed by atoms with Crippen LogP contribution in [0.5, 0.6) is 0 Å². The Morgan fingerprint density at radius 3 is 2.82 bits per heavy atom. The van der Waals surface area contributed by atoms with E-state index in [9.17, 15) is 4.79 Å². The van der Waals surface area contributed by atoms with Crippen molar-refractivity contribution >= 4 is 5.91 Å². The van der Waals surface area contributed by atoms with E-state index in [1.54, 1.807) is 0 Å². The fourth-order valence-electron chi connectivity index (χ4n) is 2.74. The Morgan fingerprint density at radius 1 is 1.53 bits per heavy atom. The van der Waals surface area contributed by atoms with Gasteiger partial charge in [0.15, 0.2) is 0 Å². The average molecular weight is 242 g/mol. The summed E-state index contributed by atoms with van der Waals surface area (Å²) in [5.74, 6) is 0.299. The van der Waals surface area contributed by atoms with Gasteiger partial charge in [-0.05, 0) is 30.6 Å². The van der Waals surface area contributed by atoms with E-state index < -0.39 is 5.91 Å². The molecule has 0 saturated heterocycles. The van der Waals surface area contributed by atoms with Gasteiger partial charge in [0.2, 0.25) is 5.91 Å². The smallest absolute Gasteiger partial charge is 0.243 e. The molecule has 0 heterocycles. The van der Waals surface area contributed by atoms with E-state index in [4.69, 9.17) is 10.5 Å². The number of hydrogen-bond acceptors (Lipinski definition) is 3. The fraction of sp³-hybridized carbons (Fsp3) is 0.923. The zero-order chi connectivity index (χ0) is 12.9. The Morgan fingerprint density at radius 2 is 2.24 bits per heavy atom. The first-order valence-electron chi connectivity index (χ1n) is 6.50. The van der Waals surface area contributed by atoms with E-state index in [0.717, 1.165) is 6.54 Å². The lowest BCUT2D eigenvalue weighted by atomic mass is 9.70. The molecule has 17 heavy (non-hydrogen) atoms. The number of carbonyl (C=O) groups excluding carboxylic acids is 1. The molecule has 100 valence electrons. The molecule has 4 heteroatoms. The lowest BCUT2D eigenvalue weighted by Gasteiger charge is -2.39. The Kier molecular flexibility index (Phi) is 5.40. The van der Waals surface area contributed by atoms with E-state index in [1.807, 2.05) is 0 Å². The predicted octanol–water partition coefficient (Wildman–Crippen LogP) is 1.29. The van der Waals surface area contributed by atoms with Crippen molar-refractivity contribution in [1.29, 1.82) is 0 Å². The third-order valence-corrected chi connectivity index (χ3v) is 3.59. The van der Waals surface area contributed by atoms with Gasteiger partial charge in [-0.1, -0.05) is 20.8 Å². The van der Waals surface area contributed by atoms with Crippen LogP contribution >= 0.6 is 0 Å². The lowest BCUT2D eigenvalue weighted by molar-refractivity contribution is -0.122. The molecule has 2 unspecified atom stereocenters. The molecule has 4 nitrogen and oxygen atoms in total. The van der Waals surface area contributed by atoms with Crippen LogP contribution in [0.25, 0.3) is 0 Å². The zero-order valence-electron chi connectivity index (χ0n) is 11.3. The molecule has 1 amide bonds. The van der Waals surface area contributed by atoms with E-state index >= 15 is 0 Å². The Hall–Kier alpha value is -0.610. The summed E-state index contributed by atoms with van der Waals surface area (Å²) in [6, 6.07) is 0.584. The molecule has 0 spiro atoms. The topological polar surface area (TPSA) is 64.3 Å². The van der Waals surface area contributed by atoms with Crippen LogP contribution in [0.3, 0.4) is 0 Å². The molecule has 0 radical (unpaired) electrons. The van der Waals surface area contributed by atoms with Crippen LogP contribution in [-0.4, -0.2) is 31.7 Å². The largest absolute Gasteiger partial charge is 0.370 e. The first kappa shape index (κ1) is 14.5. The van der Waals surface area contributed by atoms with Crippen molar-refractivity contribution in [2.75, 3.05) is 19.8 Å². The summed E-state index contributed by atoms with van der Waals surface area (Å²) >= 11 is 0. The summed E-state index contributed by atoms with van der Waals surface area (Å²) in [6.07, 6.45) is 3.77. The van der Waals surface area contributed by atoms with Crippen LogP contribution in [0, 0.1) is 11.3 Å². The van der Waals surface area contributed by atoms with Gasteiger partial charge < -0.3 is 15.8 Å². The number of carbonyl (C=O) groups is 1. The van der Waals surface area contributed by atoms with Crippen molar-refractivity contribution in [2.45, 2.75) is 46.1 Å². The third kappa shape index (κ3) is 5.50. The Bertz CT molecular complexity index is 254. The number of nitrogens with two attached hydrogens (primary N) is 1. The molecule has 0 aromatic rings. The second kappa shape index (κ2) is 6.36. The summed E-state index contributed by atoms with van der Waals surface area (Å²) in [5.41, 5.74) is 5.47. The Balaban J connectivity index is 2.14. The van der Waals surface area contributed by atoms with Gasteiger partial charge in [-0.2, -0.15) is 0 Å². The normalized spacial score (nSPS) is 27.9. The molecule has 1 aliphatic rings. The number of rotatable bonds is 6. The molecule has 0 aliphatic heterocycles. The molecule has 0 aromatic heterocycles. The van der Waals surface area contributed by atoms with Gasteiger partial charge in [-0.25, -0.2) is 0 Å². The van der Waals surface area contributed by atoms with Crippen molar-refractivity contribution in [3.63, 3.8) is 0 Å². The summed E-state index contributed by atoms with van der Waals surface area (Å²) in [4.78, 5) is 10.5. The van der Waals surface area contributed by atoms with Crippen molar-refractivity contribution in [1.82, 2.24) is 5.32 Å². The maximum Gasteiger partial charge on any atom is 0.243 e. The highest BCUT2D eigenvalue weighted by atomic mass is 16.5. The molecule has 2 atom stereocenters. The van der Waals surface area contributed by atoms with Crippen LogP contribution in [0.1, 0.15) is 40.0 Å². The number of amides is 1. The molecular weight excluding hydrogens is 216 g/mol. The fourth-order valence-corrected chi connectivity index (χ4v) is 2.74. The van der Waals surface area contributed by atoms with E-state index in [1.165, 1.54) is 19.3 Å². The second-order valence-corrected chi connectivity index (χ2v) is 5.96. The van der Waals surface area contributed by atoms with E-state index in [2.05, 4.69) is 26.1 Å². The van der Waals surface area contributed by atoms with Crippen LogP contribution in [0.4, 0.5) is 0 Å².